The van der Waals surface area contributed by atoms with Crippen LogP contribution in [0.3, 0.4) is 0 Å². The number of aromatic nitrogens is 6. The molecular formula is C22H22FN9O. The third-order valence-electron chi connectivity index (χ3n) is 5.98. The average molecular weight is 447 g/mol. The number of aromatic amines is 1. The van der Waals surface area contributed by atoms with Crippen molar-refractivity contribution in [2.24, 2.45) is 0 Å². The molecule has 1 aliphatic heterocycles. The van der Waals surface area contributed by atoms with E-state index in [1.54, 1.807) is 40.1 Å². The number of carbonyl (C=O) groups is 1. The van der Waals surface area contributed by atoms with Gasteiger partial charge >= 0.3 is 0 Å². The smallest absolute Gasteiger partial charge is 0.247 e. The fourth-order valence-electron chi connectivity index (χ4n) is 4.18. The molecule has 33 heavy (non-hydrogen) atoms. The van der Waals surface area contributed by atoms with Crippen LogP contribution < -0.4 is 15.5 Å². The first-order valence-corrected chi connectivity index (χ1v) is 10.9. The lowest BCUT2D eigenvalue weighted by atomic mass is 10.2. The van der Waals surface area contributed by atoms with Gasteiger partial charge in [0.25, 0.3) is 0 Å². The number of nitrogens with one attached hydrogen (secondary N) is 3. The number of fused-ring (bicyclic) bond motifs is 1. The minimum absolute atomic E-state index is 0.0333. The molecule has 0 radical (unpaired) electrons. The Morgan fingerprint density at radius 3 is 2.97 bits per heavy atom. The predicted molar refractivity (Wildman–Crippen MR) is 120 cm³/mol. The summed E-state index contributed by atoms with van der Waals surface area (Å²) < 4.78 is 16.1. The Kier molecular flexibility index (Phi) is 4.67. The highest BCUT2D eigenvalue weighted by Gasteiger charge is 2.39. The summed E-state index contributed by atoms with van der Waals surface area (Å²) in [5.41, 5.74) is 2.41. The molecule has 6 rings (SSSR count). The number of hydrogen-bond donors (Lipinski definition) is 3. The standard InChI is InChI=1S/C22H22FN9O/c23-14-9-18(21(33)25-15-3-1-7-24-11-15)31(12-14)22-27-20(17-4-2-8-32(17)30-22)26-19-10-16(28-29-19)13-5-6-13/h1-4,7-8,10-11,13-14,18H,5-6,9,12H2,(H,25,33)(H2,26,27,28,29,30)/t14-,18+/m1/s1. The molecule has 2 aliphatic rings. The molecule has 2 fully saturated rings. The number of H-pyrrole nitrogens is 1. The van der Waals surface area contributed by atoms with E-state index in [-0.39, 0.29) is 24.8 Å². The molecule has 0 spiro atoms. The SMILES string of the molecule is O=C(Nc1cccnc1)[C@@H]1C[C@@H](F)CN1c1nc(Nc2cc(C3CC3)[nH]n2)c2cccn2n1. The zero-order valence-corrected chi connectivity index (χ0v) is 17.6. The molecule has 0 aromatic carbocycles. The normalized spacial score (nSPS) is 20.3. The zero-order chi connectivity index (χ0) is 22.4. The lowest BCUT2D eigenvalue weighted by molar-refractivity contribution is -0.117. The first-order valence-electron chi connectivity index (χ1n) is 10.9. The lowest BCUT2D eigenvalue weighted by Gasteiger charge is -2.24. The molecule has 1 saturated heterocycles. The van der Waals surface area contributed by atoms with Crippen LogP contribution >= 0.6 is 0 Å². The van der Waals surface area contributed by atoms with Gasteiger partial charge in [-0.2, -0.15) is 10.1 Å². The number of pyridine rings is 1. The summed E-state index contributed by atoms with van der Waals surface area (Å²) in [4.78, 5) is 23.2. The van der Waals surface area contributed by atoms with E-state index in [1.165, 1.54) is 12.8 Å². The minimum atomic E-state index is -1.16. The third kappa shape index (κ3) is 3.86. The average Bonchev–Trinajstić information content (AvgIpc) is 3.20. The molecule has 1 saturated carbocycles. The summed E-state index contributed by atoms with van der Waals surface area (Å²) in [6, 6.07) is 8.44. The molecule has 10 nitrogen and oxygen atoms in total. The van der Waals surface area contributed by atoms with Gasteiger partial charge in [-0.25, -0.2) is 8.91 Å². The molecule has 1 amide bonds. The van der Waals surface area contributed by atoms with E-state index in [9.17, 15) is 9.18 Å². The molecule has 4 aromatic rings. The van der Waals surface area contributed by atoms with Crippen LogP contribution in [0.1, 0.15) is 30.9 Å². The molecule has 0 bridgehead atoms. The van der Waals surface area contributed by atoms with Crippen molar-refractivity contribution in [3.8, 4) is 0 Å². The second kappa shape index (κ2) is 7.84. The van der Waals surface area contributed by atoms with Crippen LogP contribution in [0.4, 0.5) is 27.7 Å². The van der Waals surface area contributed by atoms with Gasteiger partial charge in [0.15, 0.2) is 11.6 Å². The highest BCUT2D eigenvalue weighted by molar-refractivity contribution is 5.97. The van der Waals surface area contributed by atoms with Gasteiger partial charge in [0, 0.05) is 36.5 Å². The number of carbonyl (C=O) groups excluding carboxylic acids is 1. The maximum Gasteiger partial charge on any atom is 0.247 e. The fraction of sp³-hybridized carbons (Fsp3) is 0.318. The van der Waals surface area contributed by atoms with Crippen molar-refractivity contribution in [2.45, 2.75) is 37.4 Å². The Bertz CT molecular complexity index is 1300. The number of anilines is 4. The Hall–Kier alpha value is -4.02. The van der Waals surface area contributed by atoms with Crippen LogP contribution in [0.25, 0.3) is 5.52 Å². The summed E-state index contributed by atoms with van der Waals surface area (Å²) >= 11 is 0. The van der Waals surface area contributed by atoms with Crippen LogP contribution in [0.15, 0.2) is 48.9 Å². The van der Waals surface area contributed by atoms with E-state index < -0.39 is 12.2 Å². The molecular weight excluding hydrogens is 425 g/mol. The van der Waals surface area contributed by atoms with E-state index in [2.05, 4.69) is 35.9 Å². The molecule has 0 unspecified atom stereocenters. The largest absolute Gasteiger partial charge is 0.324 e. The van der Waals surface area contributed by atoms with E-state index >= 15 is 0 Å². The van der Waals surface area contributed by atoms with Gasteiger partial charge in [-0.05, 0) is 37.1 Å². The number of amides is 1. The van der Waals surface area contributed by atoms with Crippen molar-refractivity contribution >= 4 is 34.7 Å². The van der Waals surface area contributed by atoms with E-state index in [4.69, 9.17) is 0 Å². The summed E-state index contributed by atoms with van der Waals surface area (Å²) in [7, 11) is 0. The Balaban J connectivity index is 1.30. The van der Waals surface area contributed by atoms with Crippen LogP contribution in [0, 0.1) is 0 Å². The van der Waals surface area contributed by atoms with E-state index in [0.717, 1.165) is 11.2 Å². The first kappa shape index (κ1) is 19.6. The second-order valence-electron chi connectivity index (χ2n) is 8.44. The highest BCUT2D eigenvalue weighted by atomic mass is 19.1. The number of rotatable bonds is 6. The number of nitrogens with zero attached hydrogens (tertiary/aromatic N) is 6. The molecule has 1 aliphatic carbocycles. The lowest BCUT2D eigenvalue weighted by Crippen LogP contribution is -2.41. The number of halogens is 1. The number of hydrogen-bond acceptors (Lipinski definition) is 7. The topological polar surface area (TPSA) is 116 Å². The van der Waals surface area contributed by atoms with Crippen molar-refractivity contribution < 1.29 is 9.18 Å². The molecule has 5 heterocycles. The second-order valence-corrected chi connectivity index (χ2v) is 8.44. The van der Waals surface area contributed by atoms with Crippen molar-refractivity contribution in [3.63, 3.8) is 0 Å². The Morgan fingerprint density at radius 2 is 2.15 bits per heavy atom. The Labute approximate surface area is 188 Å². The Morgan fingerprint density at radius 1 is 1.24 bits per heavy atom. The van der Waals surface area contributed by atoms with Gasteiger partial charge in [-0.15, -0.1) is 5.10 Å². The molecule has 11 heteroatoms. The van der Waals surface area contributed by atoms with Gasteiger partial charge in [-0.1, -0.05) is 0 Å². The van der Waals surface area contributed by atoms with Gasteiger partial charge in [0.2, 0.25) is 11.9 Å². The van der Waals surface area contributed by atoms with E-state index in [1.807, 2.05) is 18.2 Å². The molecule has 3 N–H and O–H groups in total. The monoisotopic (exact) mass is 447 g/mol. The van der Waals surface area contributed by atoms with Crippen molar-refractivity contribution in [1.82, 2.24) is 29.8 Å². The maximum absolute atomic E-state index is 14.5. The van der Waals surface area contributed by atoms with Gasteiger partial charge in [-0.3, -0.25) is 14.9 Å². The summed E-state index contributed by atoms with van der Waals surface area (Å²) in [5, 5.41) is 18.0. The molecule has 4 aromatic heterocycles. The van der Waals surface area contributed by atoms with Crippen LogP contribution in [-0.2, 0) is 4.79 Å². The first-order chi connectivity index (χ1) is 16.1. The summed E-state index contributed by atoms with van der Waals surface area (Å²) in [6.07, 6.45) is 6.20. The van der Waals surface area contributed by atoms with Crippen LogP contribution in [0.5, 0.6) is 0 Å². The van der Waals surface area contributed by atoms with Crippen molar-refractivity contribution in [3.05, 3.63) is 54.6 Å². The number of alkyl halides is 1. The fourth-order valence-corrected chi connectivity index (χ4v) is 4.18. The third-order valence-corrected chi connectivity index (χ3v) is 5.98. The van der Waals surface area contributed by atoms with Crippen molar-refractivity contribution in [1.29, 1.82) is 0 Å². The zero-order valence-electron chi connectivity index (χ0n) is 17.6. The van der Waals surface area contributed by atoms with Gasteiger partial charge in [0.1, 0.15) is 17.7 Å². The summed E-state index contributed by atoms with van der Waals surface area (Å²) in [5.74, 6) is 1.68. The van der Waals surface area contributed by atoms with Gasteiger partial charge in [0.05, 0.1) is 18.4 Å². The maximum atomic E-state index is 14.5. The quantitative estimate of drug-likeness (QED) is 0.416. The van der Waals surface area contributed by atoms with E-state index in [0.29, 0.717) is 23.2 Å². The van der Waals surface area contributed by atoms with Crippen LogP contribution in [-0.4, -0.2) is 54.4 Å². The molecule has 168 valence electrons. The van der Waals surface area contributed by atoms with Gasteiger partial charge < -0.3 is 15.5 Å². The predicted octanol–water partition coefficient (Wildman–Crippen LogP) is 3.02. The molecule has 2 atom stereocenters. The minimum Gasteiger partial charge on any atom is -0.324 e. The van der Waals surface area contributed by atoms with Crippen LogP contribution in [0.2, 0.25) is 0 Å². The van der Waals surface area contributed by atoms with Crippen molar-refractivity contribution in [2.75, 3.05) is 22.1 Å². The summed E-state index contributed by atoms with van der Waals surface area (Å²) in [6.45, 7) is 0.0333. The highest BCUT2D eigenvalue weighted by Crippen LogP contribution is 2.39.